The summed E-state index contributed by atoms with van der Waals surface area (Å²) in [6.45, 7) is 4.73. The molecule has 9 aromatic carbocycles. The minimum Gasteiger partial charge on any atom is -0.455 e. The number of rotatable bonds is 4. The van der Waals surface area contributed by atoms with Crippen LogP contribution in [-0.4, -0.2) is 9.97 Å². The van der Waals surface area contributed by atoms with Gasteiger partial charge in [0, 0.05) is 44.9 Å². The average Bonchev–Trinajstić information content (AvgIpc) is 3.78. The minimum atomic E-state index is -0.162. The van der Waals surface area contributed by atoms with Gasteiger partial charge in [-0.05, 0) is 102 Å². The quantitative estimate of drug-likeness (QED) is 0.169. The molecule has 272 valence electrons. The van der Waals surface area contributed by atoms with E-state index in [1.165, 1.54) is 66.4 Å². The van der Waals surface area contributed by atoms with Gasteiger partial charge in [-0.2, -0.15) is 0 Å². The fourth-order valence-corrected chi connectivity index (χ4v) is 9.60. The second-order valence-corrected chi connectivity index (χ2v) is 16.1. The van der Waals surface area contributed by atoms with Crippen LogP contribution in [0.5, 0.6) is 0 Å². The first-order valence-corrected chi connectivity index (χ1v) is 20.0. The largest absolute Gasteiger partial charge is 0.455 e. The average molecular weight is 741 g/mol. The number of aromatic nitrogens is 2. The maximum absolute atomic E-state index is 6.38. The van der Waals surface area contributed by atoms with Crippen LogP contribution in [0.25, 0.3) is 110 Å². The van der Waals surface area contributed by atoms with Gasteiger partial charge in [-0.25, -0.2) is 0 Å². The smallest absolute Gasteiger partial charge is 0.143 e. The number of hydrogen-bond acceptors (Lipinski definition) is 3. The molecule has 2 aromatic heterocycles. The van der Waals surface area contributed by atoms with Gasteiger partial charge in [0.2, 0.25) is 0 Å². The van der Waals surface area contributed by atoms with Crippen molar-refractivity contribution >= 4 is 54.5 Å². The summed E-state index contributed by atoms with van der Waals surface area (Å²) in [5.74, 6) is 0. The van der Waals surface area contributed by atoms with Crippen LogP contribution in [-0.2, 0) is 5.41 Å². The molecule has 0 radical (unpaired) electrons. The van der Waals surface area contributed by atoms with E-state index >= 15 is 0 Å². The van der Waals surface area contributed by atoms with E-state index in [0.29, 0.717) is 0 Å². The van der Waals surface area contributed by atoms with Crippen molar-refractivity contribution < 1.29 is 4.42 Å². The Hall–Kier alpha value is -7.36. The highest BCUT2D eigenvalue weighted by molar-refractivity contribution is 6.23. The predicted molar refractivity (Wildman–Crippen MR) is 241 cm³/mol. The van der Waals surface area contributed by atoms with E-state index in [0.717, 1.165) is 54.9 Å². The first-order valence-electron chi connectivity index (χ1n) is 20.0. The number of furan rings is 1. The molecular formula is C55H36N2O. The van der Waals surface area contributed by atoms with Crippen LogP contribution in [0.3, 0.4) is 0 Å². The molecule has 1 aliphatic carbocycles. The van der Waals surface area contributed by atoms with Gasteiger partial charge in [0.25, 0.3) is 0 Å². The Morgan fingerprint density at radius 3 is 1.62 bits per heavy atom. The zero-order valence-electron chi connectivity index (χ0n) is 32.1. The monoisotopic (exact) mass is 740 g/mol. The Balaban J connectivity index is 0.865. The number of nitrogens with zero attached hydrogens (tertiary/aromatic N) is 2. The number of para-hydroxylation sites is 2. The molecule has 2 heterocycles. The maximum atomic E-state index is 6.38. The second kappa shape index (κ2) is 12.3. The van der Waals surface area contributed by atoms with Crippen molar-refractivity contribution in [3.8, 4) is 55.6 Å². The summed E-state index contributed by atoms with van der Waals surface area (Å²) in [5, 5.41) is 6.97. The minimum absolute atomic E-state index is 0.162. The Labute approximate surface area is 335 Å². The third kappa shape index (κ3) is 4.86. The Bertz CT molecular complexity index is 3450. The fraction of sp³-hybridized carbons (Fsp3) is 0.0545. The Morgan fingerprint density at radius 2 is 0.879 bits per heavy atom. The lowest BCUT2D eigenvalue weighted by molar-refractivity contribution is 0.661. The van der Waals surface area contributed by atoms with E-state index in [2.05, 4.69) is 172 Å². The first kappa shape index (κ1) is 32.8. The summed E-state index contributed by atoms with van der Waals surface area (Å²) in [7, 11) is 0. The summed E-state index contributed by atoms with van der Waals surface area (Å²) >= 11 is 0. The maximum Gasteiger partial charge on any atom is 0.143 e. The van der Waals surface area contributed by atoms with E-state index in [9.17, 15) is 0 Å². The molecule has 0 aliphatic heterocycles. The van der Waals surface area contributed by atoms with Crippen molar-refractivity contribution in [2.24, 2.45) is 0 Å². The zero-order valence-corrected chi connectivity index (χ0v) is 32.1. The molecule has 1 aliphatic rings. The molecule has 0 bridgehead atoms. The SMILES string of the molecule is CC1(C)c2cc(-c3ccc(-c4cccc(-c5cccc6c5oc5ccccc56)c4)cc3)ccc2-c2ccc(-c3ccc4c5ccccc5c5nccnc5c4c3)cc21. The molecule has 3 nitrogen and oxygen atoms in total. The molecule has 11 aromatic rings. The topological polar surface area (TPSA) is 38.9 Å². The van der Waals surface area contributed by atoms with Gasteiger partial charge < -0.3 is 4.42 Å². The lowest BCUT2D eigenvalue weighted by Gasteiger charge is -2.23. The first-order chi connectivity index (χ1) is 28.5. The molecule has 12 rings (SSSR count). The summed E-state index contributed by atoms with van der Waals surface area (Å²) in [4.78, 5) is 9.58. The van der Waals surface area contributed by atoms with E-state index < -0.39 is 0 Å². The van der Waals surface area contributed by atoms with Crippen molar-refractivity contribution in [1.82, 2.24) is 9.97 Å². The highest BCUT2D eigenvalue weighted by Crippen LogP contribution is 2.51. The number of benzene rings is 9. The third-order valence-corrected chi connectivity index (χ3v) is 12.6. The van der Waals surface area contributed by atoms with Crippen molar-refractivity contribution in [3.05, 3.63) is 193 Å². The Kier molecular flexibility index (Phi) is 6.98. The van der Waals surface area contributed by atoms with Crippen LogP contribution in [0.15, 0.2) is 187 Å². The summed E-state index contributed by atoms with van der Waals surface area (Å²) in [6.07, 6.45) is 3.59. The van der Waals surface area contributed by atoms with Crippen LogP contribution in [0, 0.1) is 0 Å². The van der Waals surface area contributed by atoms with Crippen LogP contribution in [0.4, 0.5) is 0 Å². The molecule has 3 heteroatoms. The van der Waals surface area contributed by atoms with E-state index in [1.54, 1.807) is 12.4 Å². The molecule has 0 saturated carbocycles. The van der Waals surface area contributed by atoms with Gasteiger partial charge in [-0.15, -0.1) is 0 Å². The highest BCUT2D eigenvalue weighted by Gasteiger charge is 2.36. The molecule has 58 heavy (non-hydrogen) atoms. The molecule has 0 spiro atoms. The normalized spacial score (nSPS) is 13.1. The lowest BCUT2D eigenvalue weighted by atomic mass is 9.80. The van der Waals surface area contributed by atoms with Gasteiger partial charge in [0.05, 0.1) is 11.0 Å². The Morgan fingerprint density at radius 1 is 0.362 bits per heavy atom. The van der Waals surface area contributed by atoms with E-state index in [-0.39, 0.29) is 5.41 Å². The molecule has 0 unspecified atom stereocenters. The van der Waals surface area contributed by atoms with Crippen molar-refractivity contribution in [2.75, 3.05) is 0 Å². The third-order valence-electron chi connectivity index (χ3n) is 12.6. The van der Waals surface area contributed by atoms with Crippen LogP contribution in [0.1, 0.15) is 25.0 Å². The van der Waals surface area contributed by atoms with Crippen LogP contribution >= 0.6 is 0 Å². The molecule has 0 saturated heterocycles. The van der Waals surface area contributed by atoms with Crippen LogP contribution in [0.2, 0.25) is 0 Å². The molecular weight excluding hydrogens is 705 g/mol. The second-order valence-electron chi connectivity index (χ2n) is 16.1. The zero-order chi connectivity index (χ0) is 38.5. The van der Waals surface area contributed by atoms with Gasteiger partial charge >= 0.3 is 0 Å². The lowest BCUT2D eigenvalue weighted by Crippen LogP contribution is -2.15. The predicted octanol–water partition coefficient (Wildman–Crippen LogP) is 14.8. The van der Waals surface area contributed by atoms with Crippen molar-refractivity contribution in [1.29, 1.82) is 0 Å². The molecule has 0 N–H and O–H groups in total. The van der Waals surface area contributed by atoms with Gasteiger partial charge in [0.1, 0.15) is 11.2 Å². The van der Waals surface area contributed by atoms with E-state index in [1.807, 2.05) is 12.1 Å². The molecule has 0 fully saturated rings. The van der Waals surface area contributed by atoms with Crippen LogP contribution < -0.4 is 0 Å². The number of fused-ring (bicyclic) bond motifs is 12. The van der Waals surface area contributed by atoms with Crippen molar-refractivity contribution in [3.63, 3.8) is 0 Å². The summed E-state index contributed by atoms with van der Waals surface area (Å²) < 4.78 is 6.38. The molecule has 0 amide bonds. The summed E-state index contributed by atoms with van der Waals surface area (Å²) in [5.41, 5.74) is 18.4. The van der Waals surface area contributed by atoms with E-state index in [4.69, 9.17) is 14.4 Å². The van der Waals surface area contributed by atoms with Crippen molar-refractivity contribution in [2.45, 2.75) is 19.3 Å². The standard InChI is InChI=1S/C55H36N2O/c1-55(2)49-31-37(34-19-17-33(18-20-34)35-9-7-10-39(29-35)40-14-8-15-47-45-12-5-6-16-51(45)58-54(40)47)22-25-43(49)44-26-23-38(32-50(44)55)36-21-24-42-41-11-3-4-13-46(41)52-53(48(42)30-36)57-28-27-56-52/h3-32H,1-2H3. The summed E-state index contributed by atoms with van der Waals surface area (Å²) in [6, 6.07) is 61.8. The number of hydrogen-bond donors (Lipinski definition) is 0. The van der Waals surface area contributed by atoms with Gasteiger partial charge in [-0.3, -0.25) is 9.97 Å². The van der Waals surface area contributed by atoms with Gasteiger partial charge in [-0.1, -0.05) is 153 Å². The highest BCUT2D eigenvalue weighted by atomic mass is 16.3. The fourth-order valence-electron chi connectivity index (χ4n) is 9.60. The van der Waals surface area contributed by atoms with Gasteiger partial charge in [0.15, 0.2) is 0 Å². The molecule has 0 atom stereocenters.